The highest BCUT2D eigenvalue weighted by Crippen LogP contribution is 2.26. The van der Waals surface area contributed by atoms with Crippen LogP contribution in [-0.2, 0) is 6.54 Å². The molecule has 0 amide bonds. The van der Waals surface area contributed by atoms with Crippen molar-refractivity contribution in [1.82, 2.24) is 10.6 Å². The highest BCUT2D eigenvalue weighted by atomic mass is 79.9. The van der Waals surface area contributed by atoms with Gasteiger partial charge in [0.2, 0.25) is 0 Å². The van der Waals surface area contributed by atoms with Crippen LogP contribution in [0.4, 0.5) is 4.39 Å². The summed E-state index contributed by atoms with van der Waals surface area (Å²) in [4.78, 5) is 0. The summed E-state index contributed by atoms with van der Waals surface area (Å²) in [6.45, 7) is 7.29. The van der Waals surface area contributed by atoms with Crippen molar-refractivity contribution in [2.45, 2.75) is 32.9 Å². The lowest BCUT2D eigenvalue weighted by molar-refractivity contribution is 0.184. The zero-order chi connectivity index (χ0) is 13.2. The van der Waals surface area contributed by atoms with E-state index in [1.54, 1.807) is 12.1 Å². The number of hydrogen-bond donors (Lipinski definition) is 2. The molecule has 18 heavy (non-hydrogen) atoms. The molecule has 2 nitrogen and oxygen atoms in total. The summed E-state index contributed by atoms with van der Waals surface area (Å²) < 4.78 is 14.2. The number of hydrogen-bond acceptors (Lipinski definition) is 2. The van der Waals surface area contributed by atoms with E-state index in [0.717, 1.165) is 29.5 Å². The van der Waals surface area contributed by atoms with E-state index in [2.05, 4.69) is 40.4 Å². The molecule has 1 aromatic rings. The summed E-state index contributed by atoms with van der Waals surface area (Å²) in [5.41, 5.74) is 1.21. The Kier molecular flexibility index (Phi) is 4.41. The Morgan fingerprint density at radius 2 is 2.28 bits per heavy atom. The first-order valence-electron chi connectivity index (χ1n) is 6.37. The molecule has 1 saturated heterocycles. The van der Waals surface area contributed by atoms with Crippen molar-refractivity contribution < 1.29 is 4.39 Å². The van der Waals surface area contributed by atoms with Crippen molar-refractivity contribution in [3.05, 3.63) is 34.1 Å². The van der Waals surface area contributed by atoms with Gasteiger partial charge in [-0.1, -0.05) is 29.8 Å². The molecule has 1 unspecified atom stereocenters. The lowest BCUT2D eigenvalue weighted by Gasteiger charge is -2.39. The molecule has 2 N–H and O–H groups in total. The molecule has 1 fully saturated rings. The zero-order valence-corrected chi connectivity index (χ0v) is 12.5. The van der Waals surface area contributed by atoms with E-state index in [0.29, 0.717) is 12.6 Å². The predicted molar refractivity (Wildman–Crippen MR) is 76.0 cm³/mol. The summed E-state index contributed by atoms with van der Waals surface area (Å²) >= 11 is 3.46. The quantitative estimate of drug-likeness (QED) is 0.896. The van der Waals surface area contributed by atoms with Gasteiger partial charge in [-0.2, -0.15) is 0 Å². The molecule has 1 aromatic carbocycles. The number of halogens is 2. The van der Waals surface area contributed by atoms with Gasteiger partial charge in [-0.05, 0) is 42.1 Å². The molecule has 2 rings (SSSR count). The number of benzene rings is 1. The molecule has 1 atom stereocenters. The molecule has 0 aromatic heterocycles. The van der Waals surface area contributed by atoms with E-state index in [4.69, 9.17) is 0 Å². The minimum absolute atomic E-state index is 0.181. The summed E-state index contributed by atoms with van der Waals surface area (Å²) in [7, 11) is 0. The van der Waals surface area contributed by atoms with Gasteiger partial charge in [-0.25, -0.2) is 4.39 Å². The molecular formula is C14H20BrFN2. The molecular weight excluding hydrogens is 295 g/mol. The van der Waals surface area contributed by atoms with E-state index >= 15 is 0 Å². The van der Waals surface area contributed by atoms with Crippen molar-refractivity contribution in [2.24, 2.45) is 5.41 Å². The lowest BCUT2D eigenvalue weighted by atomic mass is 9.80. The standard InChI is InChI=1S/C14H20BrFN2/c1-14(2)9-17-6-5-13(14)18-8-10-7-11(16)3-4-12(10)15/h3-4,7,13,17-18H,5-6,8-9H2,1-2H3. The largest absolute Gasteiger partial charge is 0.316 e. The van der Waals surface area contributed by atoms with E-state index in [9.17, 15) is 4.39 Å². The molecule has 100 valence electrons. The van der Waals surface area contributed by atoms with E-state index in [1.165, 1.54) is 6.07 Å². The van der Waals surface area contributed by atoms with Crippen molar-refractivity contribution in [3.8, 4) is 0 Å². The van der Waals surface area contributed by atoms with Crippen molar-refractivity contribution in [3.63, 3.8) is 0 Å². The number of rotatable bonds is 3. The second kappa shape index (κ2) is 5.68. The Morgan fingerprint density at radius 3 is 3.00 bits per heavy atom. The molecule has 1 aliphatic heterocycles. The van der Waals surface area contributed by atoms with Crippen molar-refractivity contribution >= 4 is 15.9 Å². The Balaban J connectivity index is 2.00. The summed E-state index contributed by atoms with van der Waals surface area (Å²) in [6.07, 6.45) is 1.11. The fourth-order valence-corrected chi connectivity index (χ4v) is 2.85. The topological polar surface area (TPSA) is 24.1 Å². The minimum atomic E-state index is -0.181. The molecule has 1 aliphatic rings. The Hall–Kier alpha value is -0.450. The average Bonchev–Trinajstić information content (AvgIpc) is 2.31. The third-order valence-electron chi connectivity index (χ3n) is 3.68. The SMILES string of the molecule is CC1(C)CNCCC1NCc1cc(F)ccc1Br. The lowest BCUT2D eigenvalue weighted by Crippen LogP contribution is -2.52. The van der Waals surface area contributed by atoms with Gasteiger partial charge in [-0.3, -0.25) is 0 Å². The number of nitrogens with one attached hydrogen (secondary N) is 2. The van der Waals surface area contributed by atoms with E-state index in [1.807, 2.05) is 0 Å². The van der Waals surface area contributed by atoms with Crippen molar-refractivity contribution in [2.75, 3.05) is 13.1 Å². The normalized spacial score (nSPS) is 23.0. The van der Waals surface area contributed by atoms with Crippen LogP contribution in [0.1, 0.15) is 25.8 Å². The first-order valence-corrected chi connectivity index (χ1v) is 7.16. The average molecular weight is 315 g/mol. The Labute approximate surface area is 116 Å². The summed E-state index contributed by atoms with van der Waals surface area (Å²) in [6, 6.07) is 5.29. The van der Waals surface area contributed by atoms with Crippen LogP contribution < -0.4 is 10.6 Å². The van der Waals surface area contributed by atoms with Gasteiger partial charge < -0.3 is 10.6 Å². The van der Waals surface area contributed by atoms with Crippen LogP contribution in [0, 0.1) is 11.2 Å². The van der Waals surface area contributed by atoms with Crippen LogP contribution in [0.2, 0.25) is 0 Å². The minimum Gasteiger partial charge on any atom is -0.316 e. The molecule has 0 aliphatic carbocycles. The molecule has 0 radical (unpaired) electrons. The van der Waals surface area contributed by atoms with E-state index < -0.39 is 0 Å². The molecule has 4 heteroatoms. The van der Waals surface area contributed by atoms with Gasteiger partial charge in [0.1, 0.15) is 5.82 Å². The molecule has 0 saturated carbocycles. The van der Waals surface area contributed by atoms with Gasteiger partial charge in [-0.15, -0.1) is 0 Å². The van der Waals surface area contributed by atoms with Crippen LogP contribution in [0.5, 0.6) is 0 Å². The van der Waals surface area contributed by atoms with Crippen LogP contribution >= 0.6 is 15.9 Å². The van der Waals surface area contributed by atoms with Gasteiger partial charge in [0.25, 0.3) is 0 Å². The highest BCUT2D eigenvalue weighted by Gasteiger charge is 2.31. The monoisotopic (exact) mass is 314 g/mol. The zero-order valence-electron chi connectivity index (χ0n) is 10.9. The second-order valence-corrected chi connectivity index (χ2v) is 6.48. The molecule has 0 spiro atoms. The summed E-state index contributed by atoms with van der Waals surface area (Å²) in [5.74, 6) is -0.181. The molecule has 0 bridgehead atoms. The third kappa shape index (κ3) is 3.31. The first-order chi connectivity index (χ1) is 8.49. The maximum absolute atomic E-state index is 13.2. The maximum atomic E-state index is 13.2. The smallest absolute Gasteiger partial charge is 0.123 e. The number of piperidine rings is 1. The van der Waals surface area contributed by atoms with Gasteiger partial charge >= 0.3 is 0 Å². The maximum Gasteiger partial charge on any atom is 0.123 e. The van der Waals surface area contributed by atoms with Crippen molar-refractivity contribution in [1.29, 1.82) is 0 Å². The van der Waals surface area contributed by atoms with Gasteiger partial charge in [0.05, 0.1) is 0 Å². The van der Waals surface area contributed by atoms with E-state index in [-0.39, 0.29) is 11.2 Å². The first kappa shape index (κ1) is 14.0. The predicted octanol–water partition coefficient (Wildman–Crippen LogP) is 3.07. The third-order valence-corrected chi connectivity index (χ3v) is 4.45. The fraction of sp³-hybridized carbons (Fsp3) is 0.571. The fourth-order valence-electron chi connectivity index (χ4n) is 2.46. The van der Waals surface area contributed by atoms with Gasteiger partial charge in [0.15, 0.2) is 0 Å². The Bertz CT molecular complexity index is 420. The van der Waals surface area contributed by atoms with Crippen LogP contribution in [-0.4, -0.2) is 19.1 Å². The van der Waals surface area contributed by atoms with Gasteiger partial charge in [0, 0.05) is 23.6 Å². The van der Waals surface area contributed by atoms with Crippen LogP contribution in [0.3, 0.4) is 0 Å². The second-order valence-electron chi connectivity index (χ2n) is 5.62. The Morgan fingerprint density at radius 1 is 1.50 bits per heavy atom. The molecule has 1 heterocycles. The van der Waals surface area contributed by atoms with Crippen LogP contribution in [0.15, 0.2) is 22.7 Å². The summed E-state index contributed by atoms with van der Waals surface area (Å²) in [5, 5.41) is 6.97. The highest BCUT2D eigenvalue weighted by molar-refractivity contribution is 9.10. The van der Waals surface area contributed by atoms with Crippen LogP contribution in [0.25, 0.3) is 0 Å².